The summed E-state index contributed by atoms with van der Waals surface area (Å²) in [6.45, 7) is 4.03. The third kappa shape index (κ3) is 4.35. The van der Waals surface area contributed by atoms with Gasteiger partial charge in [-0.25, -0.2) is 12.8 Å². The second-order valence-corrected chi connectivity index (χ2v) is 8.75. The number of anilines is 1. The predicted molar refractivity (Wildman–Crippen MR) is 101 cm³/mol. The highest BCUT2D eigenvalue weighted by Gasteiger charge is 2.29. The minimum Gasteiger partial charge on any atom is -0.335 e. The van der Waals surface area contributed by atoms with Crippen LogP contribution >= 0.6 is 0 Å². The van der Waals surface area contributed by atoms with E-state index in [1.54, 1.807) is 25.1 Å². The molecule has 1 amide bonds. The van der Waals surface area contributed by atoms with Crippen LogP contribution in [0.1, 0.15) is 15.9 Å². The van der Waals surface area contributed by atoms with Crippen molar-refractivity contribution in [2.75, 3.05) is 38.5 Å². The lowest BCUT2D eigenvalue weighted by Crippen LogP contribution is -3.12. The van der Waals surface area contributed by atoms with Gasteiger partial charge in [0.05, 0.1) is 38.1 Å². The van der Waals surface area contributed by atoms with E-state index >= 15 is 0 Å². The Morgan fingerprint density at radius 2 is 1.85 bits per heavy atom. The second kappa shape index (κ2) is 7.75. The Morgan fingerprint density at radius 3 is 2.52 bits per heavy atom. The van der Waals surface area contributed by atoms with Gasteiger partial charge in [-0.05, 0) is 42.8 Å². The normalized spacial score (nSPS) is 16.3. The van der Waals surface area contributed by atoms with Gasteiger partial charge in [0.2, 0.25) is 10.0 Å². The van der Waals surface area contributed by atoms with Crippen molar-refractivity contribution in [1.29, 1.82) is 0 Å². The maximum absolute atomic E-state index is 13.6. The molecule has 1 aliphatic heterocycles. The zero-order chi connectivity index (χ0) is 19.6. The molecule has 0 radical (unpaired) electrons. The van der Waals surface area contributed by atoms with Gasteiger partial charge in [-0.2, -0.15) is 4.31 Å². The fourth-order valence-electron chi connectivity index (χ4n) is 2.93. The SMILES string of the molecule is Cc1ccc(NC(=O)c2cccc(S(=O)(=O)N3CC[NH+](C)CC3)c2)cc1F. The number of nitrogens with one attached hydrogen (secondary N) is 2. The highest BCUT2D eigenvalue weighted by Crippen LogP contribution is 2.19. The zero-order valence-corrected chi connectivity index (χ0v) is 16.1. The fourth-order valence-corrected chi connectivity index (χ4v) is 4.42. The Balaban J connectivity index is 1.80. The van der Waals surface area contributed by atoms with Crippen LogP contribution in [0.4, 0.5) is 10.1 Å². The van der Waals surface area contributed by atoms with Gasteiger partial charge in [-0.1, -0.05) is 12.1 Å². The van der Waals surface area contributed by atoms with Crippen molar-refractivity contribution in [3.05, 3.63) is 59.4 Å². The van der Waals surface area contributed by atoms with Crippen LogP contribution in [0.25, 0.3) is 0 Å². The van der Waals surface area contributed by atoms with Crippen molar-refractivity contribution in [3.63, 3.8) is 0 Å². The highest BCUT2D eigenvalue weighted by molar-refractivity contribution is 7.89. The van der Waals surface area contributed by atoms with Crippen LogP contribution in [0.3, 0.4) is 0 Å². The monoisotopic (exact) mass is 392 g/mol. The third-order valence-electron chi connectivity index (χ3n) is 4.74. The van der Waals surface area contributed by atoms with Gasteiger partial charge in [-0.3, -0.25) is 4.79 Å². The van der Waals surface area contributed by atoms with Crippen molar-refractivity contribution in [3.8, 4) is 0 Å². The lowest BCUT2D eigenvalue weighted by atomic mass is 10.2. The topological polar surface area (TPSA) is 70.9 Å². The maximum Gasteiger partial charge on any atom is 0.255 e. The van der Waals surface area contributed by atoms with Crippen LogP contribution in [-0.2, 0) is 10.0 Å². The van der Waals surface area contributed by atoms with E-state index in [0.717, 1.165) is 13.1 Å². The molecular formula is C19H23FN3O3S+. The van der Waals surface area contributed by atoms with Crippen molar-refractivity contribution in [2.45, 2.75) is 11.8 Å². The molecule has 3 rings (SSSR count). The molecule has 0 aromatic heterocycles. The third-order valence-corrected chi connectivity index (χ3v) is 6.63. The van der Waals surface area contributed by atoms with Crippen molar-refractivity contribution in [2.24, 2.45) is 0 Å². The summed E-state index contributed by atoms with van der Waals surface area (Å²) in [4.78, 5) is 13.8. The van der Waals surface area contributed by atoms with E-state index in [-0.39, 0.29) is 10.5 Å². The fraction of sp³-hybridized carbons (Fsp3) is 0.316. The predicted octanol–water partition coefficient (Wildman–Crippen LogP) is 0.905. The number of piperazine rings is 1. The number of rotatable bonds is 4. The maximum atomic E-state index is 13.6. The molecule has 0 unspecified atom stereocenters. The highest BCUT2D eigenvalue weighted by atomic mass is 32.2. The summed E-state index contributed by atoms with van der Waals surface area (Å²) in [6.07, 6.45) is 0. The molecule has 144 valence electrons. The van der Waals surface area contributed by atoms with Crippen molar-refractivity contribution >= 4 is 21.6 Å². The Morgan fingerprint density at radius 1 is 1.15 bits per heavy atom. The van der Waals surface area contributed by atoms with Gasteiger partial charge in [0.25, 0.3) is 5.91 Å². The molecule has 1 aliphatic rings. The first-order chi connectivity index (χ1) is 12.8. The molecular weight excluding hydrogens is 369 g/mol. The molecule has 1 fully saturated rings. The lowest BCUT2D eigenvalue weighted by Gasteiger charge is -2.29. The molecule has 2 aromatic rings. The lowest BCUT2D eigenvalue weighted by molar-refractivity contribution is -0.883. The number of carbonyl (C=O) groups is 1. The molecule has 27 heavy (non-hydrogen) atoms. The standard InChI is InChI=1S/C19H22FN3O3S/c1-14-6-7-16(13-18(14)20)21-19(24)15-4-3-5-17(12-15)27(25,26)23-10-8-22(2)9-11-23/h3-7,12-13H,8-11H2,1-2H3,(H,21,24)/p+1. The summed E-state index contributed by atoms with van der Waals surface area (Å²) in [5.74, 6) is -0.903. The average molecular weight is 392 g/mol. The molecule has 8 heteroatoms. The molecule has 0 aliphatic carbocycles. The molecule has 2 N–H and O–H groups in total. The molecule has 0 atom stereocenters. The van der Waals surface area contributed by atoms with Gasteiger partial charge < -0.3 is 10.2 Å². The Labute approximate surface area is 158 Å². The molecule has 1 heterocycles. The molecule has 1 saturated heterocycles. The number of hydrogen-bond acceptors (Lipinski definition) is 3. The average Bonchev–Trinajstić information content (AvgIpc) is 2.65. The first-order valence-corrected chi connectivity index (χ1v) is 10.2. The van der Waals surface area contributed by atoms with Crippen LogP contribution in [0.5, 0.6) is 0 Å². The number of halogens is 1. The number of sulfonamides is 1. The van der Waals surface area contributed by atoms with E-state index in [2.05, 4.69) is 5.32 Å². The van der Waals surface area contributed by atoms with Crippen molar-refractivity contribution in [1.82, 2.24) is 4.31 Å². The molecule has 6 nitrogen and oxygen atoms in total. The van der Waals surface area contributed by atoms with E-state index in [0.29, 0.717) is 24.3 Å². The Kier molecular flexibility index (Phi) is 5.59. The van der Waals surface area contributed by atoms with E-state index in [1.807, 2.05) is 7.05 Å². The van der Waals surface area contributed by atoms with Gasteiger partial charge in [-0.15, -0.1) is 0 Å². The summed E-state index contributed by atoms with van der Waals surface area (Å²) >= 11 is 0. The van der Waals surface area contributed by atoms with E-state index in [9.17, 15) is 17.6 Å². The summed E-state index contributed by atoms with van der Waals surface area (Å²) < 4.78 is 40.8. The van der Waals surface area contributed by atoms with Crippen LogP contribution in [-0.4, -0.2) is 51.9 Å². The number of benzene rings is 2. The summed E-state index contributed by atoms with van der Waals surface area (Å²) in [5, 5.41) is 2.60. The van der Waals surface area contributed by atoms with E-state index in [1.165, 1.54) is 33.5 Å². The van der Waals surface area contributed by atoms with Crippen LogP contribution in [0, 0.1) is 12.7 Å². The van der Waals surface area contributed by atoms with Crippen molar-refractivity contribution < 1.29 is 22.5 Å². The van der Waals surface area contributed by atoms with Gasteiger partial charge in [0.15, 0.2) is 0 Å². The van der Waals surface area contributed by atoms with Crippen LogP contribution in [0.2, 0.25) is 0 Å². The number of amides is 1. The molecule has 0 saturated carbocycles. The van der Waals surface area contributed by atoms with E-state index < -0.39 is 21.7 Å². The quantitative estimate of drug-likeness (QED) is 0.813. The van der Waals surface area contributed by atoms with Crippen LogP contribution in [0.15, 0.2) is 47.4 Å². The van der Waals surface area contributed by atoms with Crippen LogP contribution < -0.4 is 10.2 Å². The van der Waals surface area contributed by atoms with Gasteiger partial charge in [0, 0.05) is 11.3 Å². The summed E-state index contributed by atoms with van der Waals surface area (Å²) in [5.41, 5.74) is 1.00. The Bertz CT molecular complexity index is 954. The first kappa shape index (κ1) is 19.5. The smallest absolute Gasteiger partial charge is 0.255 e. The number of hydrogen-bond donors (Lipinski definition) is 2. The van der Waals surface area contributed by atoms with E-state index in [4.69, 9.17) is 0 Å². The molecule has 0 spiro atoms. The molecule has 2 aromatic carbocycles. The number of nitrogens with zero attached hydrogens (tertiary/aromatic N) is 1. The summed E-state index contributed by atoms with van der Waals surface area (Å²) in [7, 11) is -1.62. The number of carbonyl (C=O) groups excluding carboxylic acids is 1. The minimum absolute atomic E-state index is 0.0878. The number of likely N-dealkylation sites (N-methyl/N-ethyl adjacent to an activating group) is 1. The number of quaternary nitrogens is 1. The Hall–Kier alpha value is -2.29. The minimum atomic E-state index is -3.65. The zero-order valence-electron chi connectivity index (χ0n) is 15.3. The summed E-state index contributed by atoms with van der Waals surface area (Å²) in [6, 6.07) is 10.3. The second-order valence-electron chi connectivity index (χ2n) is 6.81. The number of aryl methyl sites for hydroxylation is 1. The van der Waals surface area contributed by atoms with Gasteiger partial charge in [0.1, 0.15) is 5.82 Å². The largest absolute Gasteiger partial charge is 0.335 e. The van der Waals surface area contributed by atoms with Gasteiger partial charge >= 0.3 is 0 Å². The first-order valence-electron chi connectivity index (χ1n) is 8.76. The molecule has 0 bridgehead atoms.